The Morgan fingerprint density at radius 2 is 1.80 bits per heavy atom. The summed E-state index contributed by atoms with van der Waals surface area (Å²) in [5.74, 6) is -0.0278. The number of nitrogens with one attached hydrogen (secondary N) is 1. The van der Waals surface area contributed by atoms with Gasteiger partial charge in [0.25, 0.3) is 5.91 Å². The van der Waals surface area contributed by atoms with E-state index in [0.29, 0.717) is 11.3 Å². The number of ether oxygens (including phenoxy) is 2. The van der Waals surface area contributed by atoms with Crippen LogP contribution in [-0.2, 0) is 9.53 Å². The molecular formula is C15H21NO4. The van der Waals surface area contributed by atoms with Gasteiger partial charge in [0, 0.05) is 6.04 Å². The van der Waals surface area contributed by atoms with Crippen LogP contribution in [0.5, 0.6) is 5.75 Å². The van der Waals surface area contributed by atoms with Gasteiger partial charge in [-0.15, -0.1) is 0 Å². The Hall–Kier alpha value is -2.04. The molecule has 0 aromatic heterocycles. The molecule has 5 nitrogen and oxygen atoms in total. The fraction of sp³-hybridized carbons (Fsp3) is 0.467. The molecule has 0 radical (unpaired) electrons. The molecule has 0 fully saturated rings. The van der Waals surface area contributed by atoms with Crippen molar-refractivity contribution in [2.75, 3.05) is 7.11 Å². The number of esters is 1. The lowest BCUT2D eigenvalue weighted by Crippen LogP contribution is -2.40. The molecule has 1 N–H and O–H groups in total. The Bertz CT molecular complexity index is 455. The number of hydrogen-bond donors (Lipinski definition) is 1. The van der Waals surface area contributed by atoms with Crippen LogP contribution in [0.2, 0.25) is 0 Å². The zero-order valence-electron chi connectivity index (χ0n) is 12.3. The van der Waals surface area contributed by atoms with Gasteiger partial charge in [-0.05, 0) is 44.5 Å². The van der Waals surface area contributed by atoms with Crippen LogP contribution in [0.1, 0.15) is 37.6 Å². The molecule has 0 saturated carbocycles. The van der Waals surface area contributed by atoms with E-state index >= 15 is 0 Å². The molecular weight excluding hydrogens is 258 g/mol. The van der Waals surface area contributed by atoms with Crippen molar-refractivity contribution in [1.82, 2.24) is 5.32 Å². The molecule has 1 aromatic carbocycles. The first-order valence-electron chi connectivity index (χ1n) is 6.63. The number of benzene rings is 1. The third-order valence-electron chi connectivity index (χ3n) is 2.96. The van der Waals surface area contributed by atoms with Gasteiger partial charge >= 0.3 is 5.97 Å². The van der Waals surface area contributed by atoms with Crippen LogP contribution >= 0.6 is 0 Å². The zero-order valence-corrected chi connectivity index (χ0v) is 12.3. The van der Waals surface area contributed by atoms with Crippen molar-refractivity contribution in [2.24, 2.45) is 0 Å². The number of carbonyl (C=O) groups excluding carboxylic acids is 2. The first kappa shape index (κ1) is 16.0. The molecule has 0 heterocycles. The fourth-order valence-corrected chi connectivity index (χ4v) is 1.51. The standard InChI is InChI=1S/C15H21NO4/c1-5-10(2)16-14(17)11(3)20-13-8-6-12(7-9-13)15(18)19-4/h6-11H,5H2,1-4H3,(H,16,17). The van der Waals surface area contributed by atoms with Gasteiger partial charge in [-0.3, -0.25) is 4.79 Å². The predicted octanol–water partition coefficient (Wildman–Crippen LogP) is 2.16. The molecule has 0 spiro atoms. The van der Waals surface area contributed by atoms with Crippen molar-refractivity contribution in [2.45, 2.75) is 39.3 Å². The second-order valence-corrected chi connectivity index (χ2v) is 4.59. The number of carbonyl (C=O) groups is 2. The molecule has 2 unspecified atom stereocenters. The quantitative estimate of drug-likeness (QED) is 0.810. The molecule has 0 aliphatic carbocycles. The smallest absolute Gasteiger partial charge is 0.337 e. The van der Waals surface area contributed by atoms with E-state index in [1.54, 1.807) is 31.2 Å². The molecule has 1 amide bonds. The lowest BCUT2D eigenvalue weighted by atomic mass is 10.2. The summed E-state index contributed by atoms with van der Waals surface area (Å²) in [4.78, 5) is 23.1. The first-order chi connectivity index (χ1) is 9.47. The highest BCUT2D eigenvalue weighted by atomic mass is 16.5. The summed E-state index contributed by atoms with van der Waals surface area (Å²) >= 11 is 0. The van der Waals surface area contributed by atoms with E-state index in [1.165, 1.54) is 7.11 Å². The lowest BCUT2D eigenvalue weighted by molar-refractivity contribution is -0.127. The van der Waals surface area contributed by atoms with Crippen molar-refractivity contribution >= 4 is 11.9 Å². The minimum atomic E-state index is -0.590. The van der Waals surface area contributed by atoms with Gasteiger partial charge in [-0.2, -0.15) is 0 Å². The molecule has 0 bridgehead atoms. The Kier molecular flexibility index (Phi) is 6.03. The monoisotopic (exact) mass is 279 g/mol. The van der Waals surface area contributed by atoms with Crippen LogP contribution < -0.4 is 10.1 Å². The average molecular weight is 279 g/mol. The van der Waals surface area contributed by atoms with E-state index in [0.717, 1.165) is 6.42 Å². The largest absolute Gasteiger partial charge is 0.481 e. The Balaban J connectivity index is 2.60. The maximum atomic E-state index is 11.8. The van der Waals surface area contributed by atoms with E-state index in [2.05, 4.69) is 10.1 Å². The summed E-state index contributed by atoms with van der Waals surface area (Å²) in [7, 11) is 1.33. The summed E-state index contributed by atoms with van der Waals surface area (Å²) in [5.41, 5.74) is 0.441. The number of rotatable bonds is 6. The molecule has 0 aliphatic heterocycles. The van der Waals surface area contributed by atoms with Gasteiger partial charge in [0.2, 0.25) is 0 Å². The van der Waals surface area contributed by atoms with E-state index in [-0.39, 0.29) is 11.9 Å². The number of hydrogen-bond acceptors (Lipinski definition) is 4. The number of amides is 1. The van der Waals surface area contributed by atoms with Crippen LogP contribution in [0.4, 0.5) is 0 Å². The average Bonchev–Trinajstić information content (AvgIpc) is 2.46. The topological polar surface area (TPSA) is 64.6 Å². The molecule has 2 atom stereocenters. The maximum absolute atomic E-state index is 11.8. The summed E-state index contributed by atoms with van der Waals surface area (Å²) < 4.78 is 10.1. The van der Waals surface area contributed by atoms with E-state index in [4.69, 9.17) is 4.74 Å². The van der Waals surface area contributed by atoms with Crippen LogP contribution in [0, 0.1) is 0 Å². The van der Waals surface area contributed by atoms with Gasteiger partial charge in [0.15, 0.2) is 6.10 Å². The zero-order chi connectivity index (χ0) is 15.1. The lowest BCUT2D eigenvalue weighted by Gasteiger charge is -2.17. The highest BCUT2D eigenvalue weighted by Gasteiger charge is 2.16. The maximum Gasteiger partial charge on any atom is 0.337 e. The summed E-state index contributed by atoms with van der Waals surface area (Å²) in [6.45, 7) is 5.63. The van der Waals surface area contributed by atoms with Gasteiger partial charge in [0.05, 0.1) is 12.7 Å². The SMILES string of the molecule is CCC(C)NC(=O)C(C)Oc1ccc(C(=O)OC)cc1. The predicted molar refractivity (Wildman–Crippen MR) is 75.8 cm³/mol. The minimum absolute atomic E-state index is 0.121. The van der Waals surface area contributed by atoms with E-state index in [1.807, 2.05) is 13.8 Å². The van der Waals surface area contributed by atoms with Crippen molar-refractivity contribution in [1.29, 1.82) is 0 Å². The Morgan fingerprint density at radius 3 is 2.30 bits per heavy atom. The molecule has 110 valence electrons. The second kappa shape index (κ2) is 7.53. The minimum Gasteiger partial charge on any atom is -0.481 e. The highest BCUT2D eigenvalue weighted by molar-refractivity contribution is 5.89. The van der Waals surface area contributed by atoms with Gasteiger partial charge in [0.1, 0.15) is 5.75 Å². The van der Waals surface area contributed by atoms with Gasteiger partial charge in [-0.25, -0.2) is 4.79 Å². The molecule has 1 rings (SSSR count). The normalized spacial score (nSPS) is 13.2. The number of methoxy groups -OCH3 is 1. The summed E-state index contributed by atoms with van der Waals surface area (Å²) in [6, 6.07) is 6.59. The molecule has 5 heteroatoms. The molecule has 1 aromatic rings. The summed E-state index contributed by atoms with van der Waals surface area (Å²) in [5, 5.41) is 2.85. The van der Waals surface area contributed by atoms with Crippen molar-refractivity contribution in [3.05, 3.63) is 29.8 Å². The Morgan fingerprint density at radius 1 is 1.20 bits per heavy atom. The first-order valence-corrected chi connectivity index (χ1v) is 6.63. The van der Waals surface area contributed by atoms with Crippen molar-refractivity contribution in [3.63, 3.8) is 0 Å². The van der Waals surface area contributed by atoms with Gasteiger partial charge < -0.3 is 14.8 Å². The van der Waals surface area contributed by atoms with Crippen molar-refractivity contribution in [3.8, 4) is 5.75 Å². The molecule has 0 saturated heterocycles. The van der Waals surface area contributed by atoms with E-state index < -0.39 is 12.1 Å². The Labute approximate surface area is 119 Å². The van der Waals surface area contributed by atoms with E-state index in [9.17, 15) is 9.59 Å². The summed E-state index contributed by atoms with van der Waals surface area (Å²) in [6.07, 6.45) is 0.278. The van der Waals surface area contributed by atoms with Crippen molar-refractivity contribution < 1.29 is 19.1 Å². The second-order valence-electron chi connectivity index (χ2n) is 4.59. The van der Waals surface area contributed by atoms with Crippen LogP contribution in [0.25, 0.3) is 0 Å². The van der Waals surface area contributed by atoms with Crippen LogP contribution in [-0.4, -0.2) is 31.1 Å². The molecule has 0 aliphatic rings. The van der Waals surface area contributed by atoms with Crippen LogP contribution in [0.15, 0.2) is 24.3 Å². The third kappa shape index (κ3) is 4.57. The third-order valence-corrected chi connectivity index (χ3v) is 2.96. The van der Waals surface area contributed by atoms with Crippen LogP contribution in [0.3, 0.4) is 0 Å². The fourth-order valence-electron chi connectivity index (χ4n) is 1.51. The molecule has 20 heavy (non-hydrogen) atoms. The van der Waals surface area contributed by atoms with Gasteiger partial charge in [-0.1, -0.05) is 6.92 Å². The highest BCUT2D eigenvalue weighted by Crippen LogP contribution is 2.14.